The fourth-order valence-corrected chi connectivity index (χ4v) is 5.31. The Labute approximate surface area is 213 Å². The molecule has 1 heterocycles. The largest absolute Gasteiger partial charge is 0.477 e. The summed E-state index contributed by atoms with van der Waals surface area (Å²) in [5.74, 6) is -0.176. The second-order valence-electron chi connectivity index (χ2n) is 10.5. The summed E-state index contributed by atoms with van der Waals surface area (Å²) in [6.07, 6.45) is 7.35. The summed E-state index contributed by atoms with van der Waals surface area (Å²) in [7, 11) is -1.27. The zero-order valence-electron chi connectivity index (χ0n) is 21.2. The normalized spacial score (nSPS) is 24.5. The van der Waals surface area contributed by atoms with E-state index in [2.05, 4.69) is 34.3 Å². The first-order valence-electron chi connectivity index (χ1n) is 12.4. The van der Waals surface area contributed by atoms with Crippen LogP contribution in [0.2, 0.25) is 0 Å². The van der Waals surface area contributed by atoms with Crippen molar-refractivity contribution in [3.63, 3.8) is 0 Å². The van der Waals surface area contributed by atoms with Crippen molar-refractivity contribution in [1.82, 2.24) is 4.90 Å². The van der Waals surface area contributed by atoms with Crippen LogP contribution in [0.15, 0.2) is 40.4 Å². The van der Waals surface area contributed by atoms with Crippen molar-refractivity contribution in [3.05, 3.63) is 36.3 Å². The second kappa shape index (κ2) is 12.3. The van der Waals surface area contributed by atoms with Crippen LogP contribution in [0.5, 0.6) is 5.75 Å². The predicted molar refractivity (Wildman–Crippen MR) is 143 cm³/mol. The van der Waals surface area contributed by atoms with E-state index >= 15 is 0 Å². The van der Waals surface area contributed by atoms with E-state index in [4.69, 9.17) is 9.73 Å². The Morgan fingerprint density at radius 1 is 1.23 bits per heavy atom. The Hall–Kier alpha value is -2.02. The van der Waals surface area contributed by atoms with E-state index in [1.54, 1.807) is 6.07 Å². The molecule has 4 atom stereocenters. The summed E-state index contributed by atoms with van der Waals surface area (Å²) in [6.45, 7) is 13.4. The van der Waals surface area contributed by atoms with Gasteiger partial charge >= 0.3 is 0 Å². The van der Waals surface area contributed by atoms with E-state index in [0.29, 0.717) is 23.8 Å². The maximum Gasteiger partial charge on any atom is 0.263 e. The molecular weight excluding hydrogens is 463 g/mol. The van der Waals surface area contributed by atoms with Gasteiger partial charge in [-0.2, -0.15) is 0 Å². The molecule has 2 fully saturated rings. The van der Waals surface area contributed by atoms with Crippen LogP contribution >= 0.6 is 0 Å². The topological polar surface area (TPSA) is 59.0 Å². The lowest BCUT2D eigenvalue weighted by Gasteiger charge is -2.27. The highest BCUT2D eigenvalue weighted by molar-refractivity contribution is 7.84. The summed E-state index contributed by atoms with van der Waals surface area (Å²) in [5, 5.41) is 0. The van der Waals surface area contributed by atoms with E-state index in [-0.39, 0.29) is 30.5 Å². The van der Waals surface area contributed by atoms with Gasteiger partial charge in [0.25, 0.3) is 5.91 Å². The quantitative estimate of drug-likeness (QED) is 0.312. The summed E-state index contributed by atoms with van der Waals surface area (Å²) in [5.41, 5.74) is 2.10. The summed E-state index contributed by atoms with van der Waals surface area (Å²) < 4.78 is 31.7. The molecule has 3 rings (SSSR count). The minimum atomic E-state index is -1.27. The third-order valence-corrected chi connectivity index (χ3v) is 7.97. The molecule has 196 valence electrons. The van der Waals surface area contributed by atoms with Gasteiger partial charge in [-0.25, -0.2) is 4.39 Å². The van der Waals surface area contributed by atoms with Crippen molar-refractivity contribution in [2.45, 2.75) is 97.1 Å². The molecule has 1 saturated heterocycles. The van der Waals surface area contributed by atoms with Crippen molar-refractivity contribution < 1.29 is 18.1 Å². The molecule has 2 aliphatic rings. The minimum absolute atomic E-state index is 0. The van der Waals surface area contributed by atoms with Gasteiger partial charge in [0.05, 0.1) is 0 Å². The molecule has 7 heteroatoms. The zero-order valence-corrected chi connectivity index (χ0v) is 22.0. The number of allylic oxidation sites excluding steroid dienone is 1. The van der Waals surface area contributed by atoms with Gasteiger partial charge in [0.2, 0.25) is 0 Å². The first-order chi connectivity index (χ1) is 16.0. The SMILES string of the molecule is C.C=C(N=C(CC)C1CCCC(N2CC[C@H](Oc3ccc(S(C)=O)cc3F)C2=O)CC1)C(C)(C)C. The number of benzene rings is 1. The number of aliphatic imine (C=N–C) groups is 1. The average molecular weight is 507 g/mol. The van der Waals surface area contributed by atoms with Gasteiger partial charge in [-0.15, -0.1) is 0 Å². The molecule has 0 bridgehead atoms. The van der Waals surface area contributed by atoms with Crippen molar-refractivity contribution in [2.75, 3.05) is 12.8 Å². The maximum atomic E-state index is 14.4. The van der Waals surface area contributed by atoms with E-state index in [1.807, 2.05) is 4.90 Å². The molecule has 0 N–H and O–H groups in total. The van der Waals surface area contributed by atoms with Gasteiger partial charge in [0, 0.05) is 57.8 Å². The number of ether oxygens (including phenoxy) is 1. The Balaban J connectivity index is 0.00000432. The van der Waals surface area contributed by atoms with Crippen LogP contribution in [0.25, 0.3) is 0 Å². The number of hydrogen-bond acceptors (Lipinski definition) is 4. The summed E-state index contributed by atoms with van der Waals surface area (Å²) in [6, 6.07) is 4.45. The molecule has 1 aliphatic heterocycles. The Morgan fingerprint density at radius 2 is 1.94 bits per heavy atom. The van der Waals surface area contributed by atoms with Crippen molar-refractivity contribution >= 4 is 22.4 Å². The first-order valence-corrected chi connectivity index (χ1v) is 13.9. The molecule has 35 heavy (non-hydrogen) atoms. The van der Waals surface area contributed by atoms with Gasteiger partial charge in [-0.1, -0.05) is 48.1 Å². The number of rotatable bonds is 7. The van der Waals surface area contributed by atoms with E-state index < -0.39 is 22.7 Å². The highest BCUT2D eigenvalue weighted by atomic mass is 32.2. The van der Waals surface area contributed by atoms with E-state index in [0.717, 1.165) is 44.2 Å². The van der Waals surface area contributed by atoms with Crippen LogP contribution in [0.3, 0.4) is 0 Å². The van der Waals surface area contributed by atoms with Gasteiger partial charge in [0.15, 0.2) is 17.7 Å². The number of carbonyl (C=O) groups excluding carboxylic acids is 1. The van der Waals surface area contributed by atoms with Crippen LogP contribution in [0.1, 0.15) is 80.1 Å². The smallest absolute Gasteiger partial charge is 0.263 e. The second-order valence-corrected chi connectivity index (χ2v) is 11.9. The van der Waals surface area contributed by atoms with E-state index in [9.17, 15) is 13.4 Å². The number of likely N-dealkylation sites (tertiary alicyclic amines) is 1. The molecule has 1 saturated carbocycles. The number of nitrogens with zero attached hydrogens (tertiary/aromatic N) is 2. The van der Waals surface area contributed by atoms with Crippen LogP contribution in [0.4, 0.5) is 4.39 Å². The molecule has 5 nitrogen and oxygen atoms in total. The fraction of sp³-hybridized carbons (Fsp3) is 0.643. The lowest BCUT2D eigenvalue weighted by molar-refractivity contribution is -0.135. The lowest BCUT2D eigenvalue weighted by Crippen LogP contribution is -2.39. The third kappa shape index (κ3) is 7.25. The number of amides is 1. The Morgan fingerprint density at radius 3 is 2.54 bits per heavy atom. The molecule has 1 aliphatic carbocycles. The van der Waals surface area contributed by atoms with Gasteiger partial charge in [-0.3, -0.25) is 14.0 Å². The van der Waals surface area contributed by atoms with Gasteiger partial charge in [-0.05, 0) is 56.2 Å². The van der Waals surface area contributed by atoms with Gasteiger partial charge in [0.1, 0.15) is 0 Å². The molecule has 0 radical (unpaired) electrons. The van der Waals surface area contributed by atoms with Crippen LogP contribution < -0.4 is 4.74 Å². The van der Waals surface area contributed by atoms with Crippen molar-refractivity contribution in [1.29, 1.82) is 0 Å². The van der Waals surface area contributed by atoms with E-state index in [1.165, 1.54) is 24.1 Å². The molecule has 3 unspecified atom stereocenters. The lowest BCUT2D eigenvalue weighted by atomic mass is 9.90. The molecule has 1 aromatic carbocycles. The fourth-order valence-electron chi connectivity index (χ4n) is 4.78. The number of carbonyl (C=O) groups is 1. The molecule has 1 amide bonds. The first kappa shape index (κ1) is 29.2. The maximum absolute atomic E-state index is 14.4. The summed E-state index contributed by atoms with van der Waals surface area (Å²) >= 11 is 0. The molecular formula is C28H43FN2O3S. The van der Waals surface area contributed by atoms with Crippen LogP contribution in [0, 0.1) is 17.2 Å². The average Bonchev–Trinajstić information content (AvgIpc) is 2.97. The highest BCUT2D eigenvalue weighted by Crippen LogP contribution is 2.33. The van der Waals surface area contributed by atoms with Crippen LogP contribution in [-0.2, 0) is 15.6 Å². The standard InChI is InChI=1S/C27H39FN2O3S.CH4/c1-7-23(29-18(2)27(3,4)5)19-9-8-10-20(12-11-19)30-16-15-25(26(30)31)33-24-14-13-21(34(6)32)17-22(24)28;/h13-14,17,19-20,25H,2,7-12,15-16H2,1,3-6H3;1H4/t19?,20?,25-,34?;/m0./s1. The van der Waals surface area contributed by atoms with Crippen molar-refractivity contribution in [2.24, 2.45) is 16.3 Å². The van der Waals surface area contributed by atoms with Gasteiger partial charge < -0.3 is 9.64 Å². The van der Waals surface area contributed by atoms with Crippen molar-refractivity contribution in [3.8, 4) is 5.75 Å². The number of halogens is 1. The minimum Gasteiger partial charge on any atom is -0.477 e. The third-order valence-electron chi connectivity index (χ3n) is 7.05. The molecule has 0 spiro atoms. The molecule has 1 aromatic rings. The monoisotopic (exact) mass is 506 g/mol. The highest BCUT2D eigenvalue weighted by Gasteiger charge is 2.38. The predicted octanol–water partition coefficient (Wildman–Crippen LogP) is 6.54. The Kier molecular flexibility index (Phi) is 10.3. The van der Waals surface area contributed by atoms with Crippen LogP contribution in [-0.4, -0.2) is 45.7 Å². The molecule has 0 aromatic heterocycles. The zero-order chi connectivity index (χ0) is 25.0. The summed E-state index contributed by atoms with van der Waals surface area (Å²) in [4.78, 5) is 20.4. The Bertz CT molecular complexity index is 969. The number of hydrogen-bond donors (Lipinski definition) is 0.